The fourth-order valence-electron chi connectivity index (χ4n) is 3.27. The summed E-state index contributed by atoms with van der Waals surface area (Å²) in [5.74, 6) is 1.65. The van der Waals surface area contributed by atoms with E-state index < -0.39 is 0 Å². The average Bonchev–Trinajstić information content (AvgIpc) is 3.19. The highest BCUT2D eigenvalue weighted by Crippen LogP contribution is 2.31. The molecule has 1 amide bonds. The Morgan fingerprint density at radius 1 is 1.10 bits per heavy atom. The number of carbonyl (C=O) groups is 2. The number of rotatable bonds is 7. The minimum atomic E-state index is -0.0498. The second-order valence-electron chi connectivity index (χ2n) is 6.96. The molecule has 0 saturated heterocycles. The molecule has 0 spiro atoms. The molecular formula is C22H21N3O5S. The summed E-state index contributed by atoms with van der Waals surface area (Å²) in [4.78, 5) is 24.3. The van der Waals surface area contributed by atoms with Gasteiger partial charge in [-0.05, 0) is 48.7 Å². The molecule has 1 aliphatic heterocycles. The highest BCUT2D eigenvalue weighted by Gasteiger charge is 2.17. The van der Waals surface area contributed by atoms with Crippen molar-refractivity contribution in [2.75, 3.05) is 25.3 Å². The molecule has 1 aliphatic rings. The smallest absolute Gasteiger partial charge is 0.277 e. The molecule has 0 atom stereocenters. The predicted molar refractivity (Wildman–Crippen MR) is 116 cm³/mol. The fourth-order valence-corrected chi connectivity index (χ4v) is 3.93. The summed E-state index contributed by atoms with van der Waals surface area (Å²) >= 11 is 1.18. The van der Waals surface area contributed by atoms with Gasteiger partial charge in [-0.25, -0.2) is 0 Å². The number of benzene rings is 2. The maximum Gasteiger partial charge on any atom is 0.277 e. The summed E-state index contributed by atoms with van der Waals surface area (Å²) in [7, 11) is 3.13. The van der Waals surface area contributed by atoms with Crippen LogP contribution in [0.25, 0.3) is 11.5 Å². The largest absolute Gasteiger partial charge is 0.497 e. The lowest BCUT2D eigenvalue weighted by molar-refractivity contribution is -0.116. The molecular weight excluding hydrogens is 418 g/mol. The van der Waals surface area contributed by atoms with E-state index >= 15 is 0 Å². The standard InChI is InChI=1S/C22H21N3O5S/c1-28-16-9-15(10-17(11-16)29-2)21-24-25-22(30-21)31-12-19(26)14-6-7-18-13(8-14)4-3-5-20(27)23-18/h6-11H,3-5,12H2,1-2H3,(H,23,27). The summed E-state index contributed by atoms with van der Waals surface area (Å²) in [6.45, 7) is 0. The summed E-state index contributed by atoms with van der Waals surface area (Å²) in [6.07, 6.45) is 2.02. The number of aryl methyl sites for hydroxylation is 1. The van der Waals surface area contributed by atoms with Gasteiger partial charge < -0.3 is 19.2 Å². The van der Waals surface area contributed by atoms with Crippen LogP contribution in [0.15, 0.2) is 46.0 Å². The Hall–Kier alpha value is -3.33. The molecule has 0 unspecified atom stereocenters. The van der Waals surface area contributed by atoms with E-state index in [1.165, 1.54) is 11.8 Å². The highest BCUT2D eigenvalue weighted by molar-refractivity contribution is 7.99. The molecule has 2 heterocycles. The van der Waals surface area contributed by atoms with E-state index in [1.54, 1.807) is 44.6 Å². The van der Waals surface area contributed by atoms with Gasteiger partial charge in [0.25, 0.3) is 5.22 Å². The van der Waals surface area contributed by atoms with Gasteiger partial charge in [0.2, 0.25) is 11.8 Å². The van der Waals surface area contributed by atoms with Crippen LogP contribution in [0, 0.1) is 0 Å². The third-order valence-electron chi connectivity index (χ3n) is 4.88. The molecule has 1 N–H and O–H groups in total. The Balaban J connectivity index is 1.44. The van der Waals surface area contributed by atoms with Crippen LogP contribution in [0.3, 0.4) is 0 Å². The molecule has 0 saturated carbocycles. The molecule has 1 aromatic heterocycles. The number of methoxy groups -OCH3 is 2. The summed E-state index contributed by atoms with van der Waals surface area (Å²) in [5, 5.41) is 11.3. The molecule has 31 heavy (non-hydrogen) atoms. The number of carbonyl (C=O) groups excluding carboxylic acids is 2. The SMILES string of the molecule is COc1cc(OC)cc(-c2nnc(SCC(=O)c3ccc4c(c3)CCCC(=O)N4)o2)c1. The molecule has 0 fully saturated rings. The van der Waals surface area contributed by atoms with Gasteiger partial charge in [-0.3, -0.25) is 9.59 Å². The lowest BCUT2D eigenvalue weighted by atomic mass is 10.0. The van der Waals surface area contributed by atoms with Gasteiger partial charge in [0.1, 0.15) is 11.5 Å². The average molecular weight is 439 g/mol. The number of Topliss-reactive ketones (excluding diaryl/α,β-unsaturated/α-hetero) is 1. The lowest BCUT2D eigenvalue weighted by Gasteiger charge is -2.08. The number of thioether (sulfide) groups is 1. The first kappa shape index (κ1) is 20.9. The van der Waals surface area contributed by atoms with Crippen molar-refractivity contribution in [3.8, 4) is 23.0 Å². The van der Waals surface area contributed by atoms with Crippen molar-refractivity contribution >= 4 is 29.1 Å². The Morgan fingerprint density at radius 3 is 2.61 bits per heavy atom. The normalized spacial score (nSPS) is 13.2. The van der Waals surface area contributed by atoms with Crippen LogP contribution in [-0.2, 0) is 11.2 Å². The van der Waals surface area contributed by atoms with Crippen molar-refractivity contribution in [3.05, 3.63) is 47.5 Å². The molecule has 0 radical (unpaired) electrons. The van der Waals surface area contributed by atoms with Gasteiger partial charge in [-0.1, -0.05) is 11.8 Å². The van der Waals surface area contributed by atoms with Gasteiger partial charge in [0.05, 0.1) is 20.0 Å². The molecule has 0 aliphatic carbocycles. The molecule has 160 valence electrons. The van der Waals surface area contributed by atoms with Crippen molar-refractivity contribution in [1.29, 1.82) is 0 Å². The zero-order chi connectivity index (χ0) is 21.8. The summed E-state index contributed by atoms with van der Waals surface area (Å²) in [6, 6.07) is 10.7. The van der Waals surface area contributed by atoms with Crippen LogP contribution < -0.4 is 14.8 Å². The lowest BCUT2D eigenvalue weighted by Crippen LogP contribution is -2.10. The Bertz CT molecular complexity index is 1110. The molecule has 8 nitrogen and oxygen atoms in total. The molecule has 3 aromatic rings. The number of nitrogens with zero attached hydrogens (tertiary/aromatic N) is 2. The number of aromatic nitrogens is 2. The number of ether oxygens (including phenoxy) is 2. The van der Waals surface area contributed by atoms with E-state index in [-0.39, 0.29) is 17.4 Å². The first-order chi connectivity index (χ1) is 15.1. The Morgan fingerprint density at radius 2 is 1.87 bits per heavy atom. The van der Waals surface area contributed by atoms with Crippen molar-refractivity contribution in [2.24, 2.45) is 0 Å². The fraction of sp³-hybridized carbons (Fsp3) is 0.273. The van der Waals surface area contributed by atoms with Crippen molar-refractivity contribution in [2.45, 2.75) is 24.5 Å². The monoisotopic (exact) mass is 439 g/mol. The van der Waals surface area contributed by atoms with Crippen molar-refractivity contribution < 1.29 is 23.5 Å². The van der Waals surface area contributed by atoms with Crippen LogP contribution in [0.1, 0.15) is 28.8 Å². The Labute approximate surface area is 183 Å². The van der Waals surface area contributed by atoms with Gasteiger partial charge in [0.15, 0.2) is 5.78 Å². The first-order valence-electron chi connectivity index (χ1n) is 9.71. The van der Waals surface area contributed by atoms with E-state index in [4.69, 9.17) is 13.9 Å². The number of fused-ring (bicyclic) bond motifs is 1. The van der Waals surface area contributed by atoms with Crippen molar-refractivity contribution in [1.82, 2.24) is 10.2 Å². The maximum atomic E-state index is 12.7. The van der Waals surface area contributed by atoms with E-state index in [1.807, 2.05) is 6.07 Å². The first-order valence-corrected chi connectivity index (χ1v) is 10.7. The molecule has 0 bridgehead atoms. The summed E-state index contributed by atoms with van der Waals surface area (Å²) < 4.78 is 16.2. The second kappa shape index (κ2) is 9.22. The molecule has 4 rings (SSSR count). The molecule has 9 heteroatoms. The Kier molecular flexibility index (Phi) is 6.22. The number of nitrogens with one attached hydrogen (secondary N) is 1. The molecule has 2 aromatic carbocycles. The predicted octanol–water partition coefficient (Wildman–Crippen LogP) is 4.00. The van der Waals surface area contributed by atoms with Crippen LogP contribution >= 0.6 is 11.8 Å². The third kappa shape index (κ3) is 4.88. The second-order valence-corrected chi connectivity index (χ2v) is 7.89. The maximum absolute atomic E-state index is 12.7. The minimum absolute atomic E-state index is 0.00855. The topological polar surface area (TPSA) is 104 Å². The zero-order valence-corrected chi connectivity index (χ0v) is 18.0. The van der Waals surface area contributed by atoms with E-state index in [0.29, 0.717) is 40.2 Å². The van der Waals surface area contributed by atoms with Gasteiger partial charge in [0, 0.05) is 29.3 Å². The quantitative estimate of drug-likeness (QED) is 0.435. The van der Waals surface area contributed by atoms with E-state index in [9.17, 15) is 9.59 Å². The number of hydrogen-bond acceptors (Lipinski definition) is 8. The number of anilines is 1. The van der Waals surface area contributed by atoms with Crippen molar-refractivity contribution in [3.63, 3.8) is 0 Å². The van der Waals surface area contributed by atoms with Gasteiger partial charge in [-0.2, -0.15) is 0 Å². The van der Waals surface area contributed by atoms with E-state index in [0.717, 1.165) is 24.1 Å². The highest BCUT2D eigenvalue weighted by atomic mass is 32.2. The van der Waals surface area contributed by atoms with Crippen LogP contribution in [0.2, 0.25) is 0 Å². The zero-order valence-electron chi connectivity index (χ0n) is 17.1. The third-order valence-corrected chi connectivity index (χ3v) is 5.70. The van der Waals surface area contributed by atoms with Gasteiger partial charge in [-0.15, -0.1) is 10.2 Å². The van der Waals surface area contributed by atoms with Crippen LogP contribution in [0.5, 0.6) is 11.5 Å². The van der Waals surface area contributed by atoms with Crippen LogP contribution in [-0.4, -0.2) is 41.9 Å². The summed E-state index contributed by atoms with van der Waals surface area (Å²) in [5.41, 5.74) is 3.02. The minimum Gasteiger partial charge on any atom is -0.497 e. The van der Waals surface area contributed by atoms with Crippen LogP contribution in [0.4, 0.5) is 5.69 Å². The van der Waals surface area contributed by atoms with Gasteiger partial charge >= 0.3 is 0 Å². The van der Waals surface area contributed by atoms with E-state index in [2.05, 4.69) is 15.5 Å². The number of hydrogen-bond donors (Lipinski definition) is 1. The number of ketones is 1. The number of amides is 1.